The fraction of sp³-hybridized carbons (Fsp3) is 0.538. The summed E-state index contributed by atoms with van der Waals surface area (Å²) < 4.78 is 23.9. The van der Waals surface area contributed by atoms with Crippen molar-refractivity contribution in [3.63, 3.8) is 0 Å². The first-order valence-corrected chi connectivity index (χ1v) is 6.80. The van der Waals surface area contributed by atoms with Crippen LogP contribution in [0.5, 0.6) is 5.75 Å². The summed E-state index contributed by atoms with van der Waals surface area (Å²) >= 11 is 3.31. The normalized spacial score (nSPS) is 10.9. The van der Waals surface area contributed by atoms with Crippen LogP contribution in [0.4, 0.5) is 4.39 Å². The van der Waals surface area contributed by atoms with E-state index in [9.17, 15) is 4.39 Å². The van der Waals surface area contributed by atoms with Gasteiger partial charge < -0.3 is 9.47 Å². The van der Waals surface area contributed by atoms with Crippen molar-refractivity contribution in [1.29, 1.82) is 0 Å². The van der Waals surface area contributed by atoms with Crippen molar-refractivity contribution in [1.82, 2.24) is 0 Å². The minimum Gasteiger partial charge on any atom is -0.491 e. The minimum atomic E-state index is -0.247. The molecule has 0 saturated heterocycles. The molecule has 0 atom stereocenters. The molecule has 0 aliphatic carbocycles. The van der Waals surface area contributed by atoms with Crippen molar-refractivity contribution in [2.75, 3.05) is 19.8 Å². The van der Waals surface area contributed by atoms with Gasteiger partial charge in [0.1, 0.15) is 18.2 Å². The maximum absolute atomic E-state index is 13.0. The molecule has 0 aromatic heterocycles. The van der Waals surface area contributed by atoms with Crippen molar-refractivity contribution < 1.29 is 13.9 Å². The molecular formula is C13H18BrFO2. The molecule has 1 rings (SSSR count). The van der Waals surface area contributed by atoms with E-state index in [0.717, 1.165) is 12.2 Å². The summed E-state index contributed by atoms with van der Waals surface area (Å²) in [4.78, 5) is 0. The molecule has 0 spiro atoms. The van der Waals surface area contributed by atoms with E-state index in [2.05, 4.69) is 29.8 Å². The van der Waals surface area contributed by atoms with Gasteiger partial charge in [0.15, 0.2) is 0 Å². The molecule has 96 valence electrons. The van der Waals surface area contributed by atoms with E-state index in [1.54, 1.807) is 6.07 Å². The van der Waals surface area contributed by atoms with Crippen molar-refractivity contribution in [3.05, 3.63) is 29.6 Å². The topological polar surface area (TPSA) is 18.5 Å². The molecule has 2 nitrogen and oxygen atoms in total. The number of alkyl halides is 1. The van der Waals surface area contributed by atoms with Crippen molar-refractivity contribution in [2.24, 2.45) is 5.92 Å². The average molecular weight is 305 g/mol. The third kappa shape index (κ3) is 5.50. The Bertz CT molecular complexity index is 342. The van der Waals surface area contributed by atoms with Crippen LogP contribution < -0.4 is 4.74 Å². The minimum absolute atomic E-state index is 0.247. The standard InChI is InChI=1S/C13H18BrFO2/c1-10(2)9-16-5-6-17-13-4-3-12(15)7-11(13)8-14/h3-4,7,10H,5-6,8-9H2,1-2H3. The number of halogens is 2. The van der Waals surface area contributed by atoms with Crippen molar-refractivity contribution in [2.45, 2.75) is 19.2 Å². The van der Waals surface area contributed by atoms with Gasteiger partial charge in [0, 0.05) is 17.5 Å². The lowest BCUT2D eigenvalue weighted by molar-refractivity contribution is 0.0817. The highest BCUT2D eigenvalue weighted by molar-refractivity contribution is 9.08. The summed E-state index contributed by atoms with van der Waals surface area (Å²) in [6, 6.07) is 4.52. The molecule has 0 saturated carbocycles. The maximum atomic E-state index is 13.0. The zero-order valence-electron chi connectivity index (χ0n) is 10.2. The summed E-state index contributed by atoms with van der Waals surface area (Å²) in [7, 11) is 0. The Morgan fingerprint density at radius 1 is 1.29 bits per heavy atom. The Kier molecular flexibility index (Phi) is 6.52. The molecule has 0 radical (unpaired) electrons. The molecule has 0 N–H and O–H groups in total. The lowest BCUT2D eigenvalue weighted by atomic mass is 10.2. The van der Waals surface area contributed by atoms with E-state index in [1.165, 1.54) is 12.1 Å². The average Bonchev–Trinajstić information content (AvgIpc) is 2.29. The Balaban J connectivity index is 2.36. The summed E-state index contributed by atoms with van der Waals surface area (Å²) in [6.45, 7) is 5.97. The molecule has 0 aliphatic heterocycles. The predicted octanol–water partition coefficient (Wildman–Crippen LogP) is 3.77. The predicted molar refractivity (Wildman–Crippen MR) is 70.2 cm³/mol. The number of benzene rings is 1. The second-order valence-electron chi connectivity index (χ2n) is 4.20. The second-order valence-corrected chi connectivity index (χ2v) is 4.76. The molecular weight excluding hydrogens is 287 g/mol. The molecule has 0 unspecified atom stereocenters. The van der Waals surface area contributed by atoms with Gasteiger partial charge in [0.05, 0.1) is 6.61 Å². The Labute approximate surface area is 110 Å². The molecule has 17 heavy (non-hydrogen) atoms. The molecule has 0 bridgehead atoms. The SMILES string of the molecule is CC(C)COCCOc1ccc(F)cc1CBr. The van der Waals surface area contributed by atoms with Crippen LogP contribution in [0.15, 0.2) is 18.2 Å². The third-order valence-corrected chi connectivity index (χ3v) is 2.71. The van der Waals surface area contributed by atoms with Gasteiger partial charge in [-0.1, -0.05) is 29.8 Å². The van der Waals surface area contributed by atoms with Crippen molar-refractivity contribution in [3.8, 4) is 5.75 Å². The van der Waals surface area contributed by atoms with Crippen LogP contribution in [0, 0.1) is 11.7 Å². The molecule has 0 amide bonds. The Hall–Kier alpha value is -0.610. The van der Waals surface area contributed by atoms with E-state index >= 15 is 0 Å². The number of hydrogen-bond donors (Lipinski definition) is 0. The molecule has 1 aromatic carbocycles. The lowest BCUT2D eigenvalue weighted by Crippen LogP contribution is -2.10. The van der Waals surface area contributed by atoms with Crippen LogP contribution in [0.3, 0.4) is 0 Å². The van der Waals surface area contributed by atoms with Crippen LogP contribution in [-0.4, -0.2) is 19.8 Å². The van der Waals surface area contributed by atoms with Gasteiger partial charge >= 0.3 is 0 Å². The Morgan fingerprint density at radius 3 is 2.71 bits per heavy atom. The smallest absolute Gasteiger partial charge is 0.123 e. The summed E-state index contributed by atoms with van der Waals surface area (Å²) in [5.41, 5.74) is 0.814. The van der Waals surface area contributed by atoms with E-state index in [0.29, 0.717) is 30.2 Å². The lowest BCUT2D eigenvalue weighted by Gasteiger charge is -2.11. The first kappa shape index (κ1) is 14.5. The number of hydrogen-bond acceptors (Lipinski definition) is 2. The van der Waals surface area contributed by atoms with Gasteiger partial charge in [-0.15, -0.1) is 0 Å². The highest BCUT2D eigenvalue weighted by Crippen LogP contribution is 2.22. The summed E-state index contributed by atoms with van der Waals surface area (Å²) in [5.74, 6) is 0.984. The van der Waals surface area contributed by atoms with Crippen LogP contribution in [0.1, 0.15) is 19.4 Å². The van der Waals surface area contributed by atoms with Crippen molar-refractivity contribution >= 4 is 15.9 Å². The first-order chi connectivity index (χ1) is 8.13. The van der Waals surface area contributed by atoms with E-state index in [-0.39, 0.29) is 5.82 Å². The van der Waals surface area contributed by atoms with Crippen LogP contribution in [0.2, 0.25) is 0 Å². The van der Waals surface area contributed by atoms with E-state index in [1.807, 2.05) is 0 Å². The van der Waals surface area contributed by atoms with Gasteiger partial charge in [-0.2, -0.15) is 0 Å². The summed E-state index contributed by atoms with van der Waals surface area (Å²) in [6.07, 6.45) is 0. The molecule has 0 fully saturated rings. The van der Waals surface area contributed by atoms with Gasteiger partial charge in [-0.05, 0) is 24.1 Å². The highest BCUT2D eigenvalue weighted by Gasteiger charge is 2.04. The van der Waals surface area contributed by atoms with E-state index in [4.69, 9.17) is 9.47 Å². The molecule has 1 aromatic rings. The third-order valence-electron chi connectivity index (χ3n) is 2.10. The zero-order valence-corrected chi connectivity index (χ0v) is 11.8. The quantitative estimate of drug-likeness (QED) is 0.564. The summed E-state index contributed by atoms with van der Waals surface area (Å²) in [5, 5.41) is 0.576. The number of rotatable bonds is 7. The Morgan fingerprint density at radius 2 is 2.06 bits per heavy atom. The largest absolute Gasteiger partial charge is 0.491 e. The molecule has 0 aliphatic rings. The zero-order chi connectivity index (χ0) is 12.7. The number of ether oxygens (including phenoxy) is 2. The van der Waals surface area contributed by atoms with Gasteiger partial charge in [-0.25, -0.2) is 4.39 Å². The molecule has 0 heterocycles. The highest BCUT2D eigenvalue weighted by atomic mass is 79.9. The first-order valence-electron chi connectivity index (χ1n) is 5.68. The van der Waals surface area contributed by atoms with Gasteiger partial charge in [0.25, 0.3) is 0 Å². The monoisotopic (exact) mass is 304 g/mol. The van der Waals surface area contributed by atoms with Gasteiger partial charge in [0.2, 0.25) is 0 Å². The van der Waals surface area contributed by atoms with Crippen LogP contribution >= 0.6 is 15.9 Å². The fourth-order valence-electron chi connectivity index (χ4n) is 1.32. The van der Waals surface area contributed by atoms with Crippen LogP contribution in [0.25, 0.3) is 0 Å². The van der Waals surface area contributed by atoms with E-state index < -0.39 is 0 Å². The van der Waals surface area contributed by atoms with Crippen LogP contribution in [-0.2, 0) is 10.1 Å². The maximum Gasteiger partial charge on any atom is 0.123 e. The molecule has 4 heteroatoms. The van der Waals surface area contributed by atoms with Gasteiger partial charge in [-0.3, -0.25) is 0 Å². The second kappa shape index (κ2) is 7.67. The fourth-order valence-corrected chi connectivity index (χ4v) is 1.76.